The van der Waals surface area contributed by atoms with E-state index in [0.717, 1.165) is 6.61 Å². The number of aliphatic hydroxyl groups is 2. The zero-order chi connectivity index (χ0) is 21.7. The number of aliphatic hydroxyl groups excluding tert-OH is 2. The Morgan fingerprint density at radius 1 is 1.14 bits per heavy atom. The number of fused-ring (bicyclic) bond motifs is 2. The van der Waals surface area contributed by atoms with Crippen molar-refractivity contribution in [2.24, 2.45) is 5.92 Å². The third-order valence-corrected chi connectivity index (χ3v) is 6.12. The lowest BCUT2D eigenvalue weighted by molar-refractivity contribution is -0.165. The summed E-state index contributed by atoms with van der Waals surface area (Å²) in [4.78, 5) is 19.5. The van der Waals surface area contributed by atoms with Crippen LogP contribution in [0.5, 0.6) is 0 Å². The molecule has 1 aromatic carbocycles. The Morgan fingerprint density at radius 3 is 2.28 bits per heavy atom. The Kier molecular flexibility index (Phi) is 8.69. The van der Waals surface area contributed by atoms with Gasteiger partial charge in [0, 0.05) is 25.1 Å². The smallest absolute Gasteiger partial charge is 0.335 e. The molecule has 2 fully saturated rings. The number of carboxylic acids is 2. The Balaban J connectivity index is 0.000000257. The largest absolute Gasteiger partial charge is 0.479 e. The molecule has 0 radical (unpaired) electrons. The van der Waals surface area contributed by atoms with Crippen molar-refractivity contribution in [1.29, 1.82) is 0 Å². The van der Waals surface area contributed by atoms with Crippen molar-refractivity contribution in [2.75, 3.05) is 13.7 Å². The molecule has 3 unspecified atom stereocenters. The van der Waals surface area contributed by atoms with E-state index in [1.165, 1.54) is 24.8 Å². The van der Waals surface area contributed by atoms with E-state index >= 15 is 0 Å². The first-order valence-electron chi connectivity index (χ1n) is 9.17. The summed E-state index contributed by atoms with van der Waals surface area (Å²) in [5, 5.41) is 37.5. The van der Waals surface area contributed by atoms with Gasteiger partial charge in [0.2, 0.25) is 0 Å². The van der Waals surface area contributed by atoms with Crippen LogP contribution in [0, 0.1) is 5.92 Å². The molecule has 0 spiro atoms. The second kappa shape index (κ2) is 10.6. The third-order valence-electron chi connectivity index (χ3n) is 5.38. The molecule has 2 heterocycles. The number of ether oxygens (including phenoxy) is 1. The van der Waals surface area contributed by atoms with Crippen molar-refractivity contribution in [2.45, 2.75) is 49.5 Å². The monoisotopic (exact) mass is 449 g/mol. The minimum absolute atomic E-state index is 0.522. The van der Waals surface area contributed by atoms with Crippen LogP contribution in [0.2, 0.25) is 10.0 Å². The van der Waals surface area contributed by atoms with Crippen molar-refractivity contribution < 1.29 is 34.8 Å². The molecule has 29 heavy (non-hydrogen) atoms. The fourth-order valence-electron chi connectivity index (χ4n) is 3.96. The summed E-state index contributed by atoms with van der Waals surface area (Å²) >= 11 is 12.2. The second-order valence-electron chi connectivity index (χ2n) is 7.25. The SMILES string of the molecule is COC[C@@H]1[C@@H](c2ccc(Cl)c(Cl)c2)CC2CC[C@H]1N2.O=C(O)C(O)C(O)C(=O)O. The van der Waals surface area contributed by atoms with E-state index < -0.39 is 24.1 Å². The van der Waals surface area contributed by atoms with Crippen LogP contribution in [-0.2, 0) is 14.3 Å². The third kappa shape index (κ3) is 6.04. The van der Waals surface area contributed by atoms with Crippen LogP contribution >= 0.6 is 23.2 Å². The average molecular weight is 450 g/mol. The summed E-state index contributed by atoms with van der Waals surface area (Å²) < 4.78 is 5.44. The van der Waals surface area contributed by atoms with E-state index in [1.54, 1.807) is 7.11 Å². The van der Waals surface area contributed by atoms with Gasteiger partial charge in [-0.2, -0.15) is 0 Å². The Hall–Kier alpha value is -1.42. The van der Waals surface area contributed by atoms with Crippen molar-refractivity contribution in [1.82, 2.24) is 5.32 Å². The van der Waals surface area contributed by atoms with Crippen molar-refractivity contribution in [3.8, 4) is 0 Å². The lowest BCUT2D eigenvalue weighted by atomic mass is 9.77. The fraction of sp³-hybridized carbons (Fsp3) is 0.579. The van der Waals surface area contributed by atoms with Gasteiger partial charge in [0.1, 0.15) is 0 Å². The summed E-state index contributed by atoms with van der Waals surface area (Å²) in [6.45, 7) is 0.801. The molecular weight excluding hydrogens is 425 g/mol. The molecule has 3 rings (SSSR count). The first-order chi connectivity index (χ1) is 13.6. The predicted octanol–water partition coefficient (Wildman–Crippen LogP) is 1.74. The lowest BCUT2D eigenvalue weighted by Gasteiger charge is -2.37. The van der Waals surface area contributed by atoms with Crippen LogP contribution in [0.15, 0.2) is 18.2 Å². The van der Waals surface area contributed by atoms with Gasteiger partial charge in [0.15, 0.2) is 12.2 Å². The molecule has 10 heteroatoms. The molecule has 162 valence electrons. The average Bonchev–Trinajstić information content (AvgIpc) is 3.07. The van der Waals surface area contributed by atoms with Crippen molar-refractivity contribution >= 4 is 35.1 Å². The van der Waals surface area contributed by atoms with Gasteiger partial charge in [-0.3, -0.25) is 0 Å². The summed E-state index contributed by atoms with van der Waals surface area (Å²) in [5.41, 5.74) is 1.30. The van der Waals surface area contributed by atoms with Crippen molar-refractivity contribution in [3.63, 3.8) is 0 Å². The molecule has 2 aliphatic heterocycles. The van der Waals surface area contributed by atoms with Crippen LogP contribution in [0.25, 0.3) is 0 Å². The van der Waals surface area contributed by atoms with E-state index in [4.69, 9.17) is 48.4 Å². The minimum Gasteiger partial charge on any atom is -0.479 e. The number of halogens is 2. The fourth-order valence-corrected chi connectivity index (χ4v) is 4.26. The maximum Gasteiger partial charge on any atom is 0.335 e. The second-order valence-corrected chi connectivity index (χ2v) is 8.06. The number of hydrogen-bond acceptors (Lipinski definition) is 6. The highest BCUT2D eigenvalue weighted by molar-refractivity contribution is 6.42. The van der Waals surface area contributed by atoms with Crippen LogP contribution < -0.4 is 5.32 Å². The van der Waals surface area contributed by atoms with Gasteiger partial charge in [0.05, 0.1) is 16.7 Å². The van der Waals surface area contributed by atoms with Gasteiger partial charge < -0.3 is 30.5 Å². The maximum absolute atomic E-state index is 9.77. The number of hydrogen-bond donors (Lipinski definition) is 5. The normalized spacial score (nSPS) is 27.5. The van der Waals surface area contributed by atoms with Gasteiger partial charge in [-0.15, -0.1) is 0 Å². The predicted molar refractivity (Wildman–Crippen MR) is 106 cm³/mol. The van der Waals surface area contributed by atoms with Crippen LogP contribution in [0.3, 0.4) is 0 Å². The highest BCUT2D eigenvalue weighted by Gasteiger charge is 2.42. The van der Waals surface area contributed by atoms with Gasteiger partial charge in [-0.05, 0) is 42.9 Å². The van der Waals surface area contributed by atoms with Crippen LogP contribution in [-0.4, -0.2) is 70.4 Å². The number of benzene rings is 1. The number of carboxylic acid groups (broad SMARTS) is 2. The highest BCUT2D eigenvalue weighted by Crippen LogP contribution is 2.42. The van der Waals surface area contributed by atoms with E-state index in [-0.39, 0.29) is 0 Å². The molecule has 2 bridgehead atoms. The molecule has 0 saturated carbocycles. The molecule has 8 nitrogen and oxygen atoms in total. The Labute approximate surface area is 178 Å². The van der Waals surface area contributed by atoms with E-state index in [1.807, 2.05) is 12.1 Å². The molecule has 2 aliphatic rings. The number of aliphatic carboxylic acids is 2. The Bertz CT molecular complexity index is 715. The molecule has 0 aromatic heterocycles. The Morgan fingerprint density at radius 2 is 1.76 bits per heavy atom. The van der Waals surface area contributed by atoms with Gasteiger partial charge in [-0.25, -0.2) is 9.59 Å². The van der Waals surface area contributed by atoms with Crippen molar-refractivity contribution in [3.05, 3.63) is 33.8 Å². The minimum atomic E-state index is -2.27. The van der Waals surface area contributed by atoms with Crippen LogP contribution in [0.1, 0.15) is 30.7 Å². The summed E-state index contributed by atoms with van der Waals surface area (Å²) in [6.07, 6.45) is -0.822. The topological polar surface area (TPSA) is 136 Å². The summed E-state index contributed by atoms with van der Waals surface area (Å²) in [6, 6.07) is 7.29. The summed E-state index contributed by atoms with van der Waals surface area (Å²) in [7, 11) is 1.78. The summed E-state index contributed by atoms with van der Waals surface area (Å²) in [5.74, 6) is -2.49. The zero-order valence-corrected chi connectivity index (χ0v) is 17.3. The number of carbonyl (C=O) groups is 2. The van der Waals surface area contributed by atoms with E-state index in [2.05, 4.69) is 11.4 Å². The molecule has 6 atom stereocenters. The molecular formula is C19H25Cl2NO7. The zero-order valence-electron chi connectivity index (χ0n) is 15.8. The quantitative estimate of drug-likeness (QED) is 0.442. The first kappa shape index (κ1) is 23.9. The van der Waals surface area contributed by atoms with Crippen LogP contribution in [0.4, 0.5) is 0 Å². The van der Waals surface area contributed by atoms with Gasteiger partial charge in [-0.1, -0.05) is 29.3 Å². The number of methoxy groups -OCH3 is 1. The standard InChI is InChI=1S/C15H19Cl2NO.C4H6O6/c1-19-8-12-11(7-10-3-5-15(12)18-10)9-2-4-13(16)14(17)6-9;5-1(3(7)8)2(6)4(9)10/h2,4,6,10-12,15,18H,3,5,7-8H2,1H3;1-2,5-6H,(H,7,8)(H,9,10)/t10?,11-,12-,15-;/m1./s1. The lowest BCUT2D eigenvalue weighted by Crippen LogP contribution is -2.46. The van der Waals surface area contributed by atoms with Gasteiger partial charge >= 0.3 is 11.9 Å². The molecule has 0 amide bonds. The van der Waals surface area contributed by atoms with E-state index in [0.29, 0.717) is 34.0 Å². The molecule has 5 N–H and O–H groups in total. The van der Waals surface area contributed by atoms with Gasteiger partial charge in [0.25, 0.3) is 0 Å². The number of piperidine rings is 1. The molecule has 1 aromatic rings. The maximum atomic E-state index is 9.77. The highest BCUT2D eigenvalue weighted by atomic mass is 35.5. The number of nitrogens with one attached hydrogen (secondary N) is 1. The van der Waals surface area contributed by atoms with E-state index in [9.17, 15) is 9.59 Å². The molecule has 2 saturated heterocycles. The first-order valence-corrected chi connectivity index (χ1v) is 9.93. The molecule has 0 aliphatic carbocycles. The number of rotatable bonds is 6.